The van der Waals surface area contributed by atoms with E-state index in [0.717, 1.165) is 30.5 Å². The van der Waals surface area contributed by atoms with Crippen LogP contribution in [0.3, 0.4) is 0 Å². The van der Waals surface area contributed by atoms with Crippen LogP contribution in [0, 0.1) is 5.92 Å². The van der Waals surface area contributed by atoms with E-state index in [-0.39, 0.29) is 11.8 Å². The van der Waals surface area contributed by atoms with E-state index in [1.165, 1.54) is 11.3 Å². The summed E-state index contributed by atoms with van der Waals surface area (Å²) in [5, 5.41) is 5.97. The predicted molar refractivity (Wildman–Crippen MR) is 85.1 cm³/mol. The molecule has 1 fully saturated rings. The molecule has 1 heterocycles. The van der Waals surface area contributed by atoms with E-state index in [1.54, 1.807) is 7.11 Å². The highest BCUT2D eigenvalue weighted by Crippen LogP contribution is 2.32. The summed E-state index contributed by atoms with van der Waals surface area (Å²) in [6, 6.07) is 5.52. The van der Waals surface area contributed by atoms with Crippen LogP contribution in [0.1, 0.15) is 19.3 Å². The second-order valence-corrected chi connectivity index (χ2v) is 6.27. The molecule has 0 saturated heterocycles. The SMILES string of the molecule is COc1ccc(-c2csc(NC(=O)C3CCC3)n2)cc1Cl. The zero-order chi connectivity index (χ0) is 14.8. The number of anilines is 1. The van der Waals surface area contributed by atoms with Crippen molar-refractivity contribution in [2.45, 2.75) is 19.3 Å². The van der Waals surface area contributed by atoms with Gasteiger partial charge in [0.2, 0.25) is 5.91 Å². The Bertz CT molecular complexity index is 667. The highest BCUT2D eigenvalue weighted by molar-refractivity contribution is 7.14. The number of amides is 1. The van der Waals surface area contributed by atoms with Gasteiger partial charge in [-0.3, -0.25) is 4.79 Å². The van der Waals surface area contributed by atoms with Gasteiger partial charge in [-0.1, -0.05) is 18.0 Å². The topological polar surface area (TPSA) is 51.2 Å². The summed E-state index contributed by atoms with van der Waals surface area (Å²) >= 11 is 7.54. The van der Waals surface area contributed by atoms with Crippen molar-refractivity contribution in [2.24, 2.45) is 5.92 Å². The van der Waals surface area contributed by atoms with Crippen molar-refractivity contribution in [1.82, 2.24) is 4.98 Å². The summed E-state index contributed by atoms with van der Waals surface area (Å²) in [5.74, 6) is 0.872. The van der Waals surface area contributed by atoms with Gasteiger partial charge in [-0.05, 0) is 31.0 Å². The number of ether oxygens (including phenoxy) is 1. The number of aromatic nitrogens is 1. The minimum atomic E-state index is 0.0786. The Morgan fingerprint density at radius 2 is 2.29 bits per heavy atom. The summed E-state index contributed by atoms with van der Waals surface area (Å²) in [7, 11) is 1.58. The highest BCUT2D eigenvalue weighted by Gasteiger charge is 2.25. The molecule has 4 nitrogen and oxygen atoms in total. The van der Waals surface area contributed by atoms with Gasteiger partial charge >= 0.3 is 0 Å². The normalized spacial score (nSPS) is 14.6. The van der Waals surface area contributed by atoms with Gasteiger partial charge in [0.15, 0.2) is 5.13 Å². The molecular formula is C15H15ClN2O2S. The zero-order valence-corrected chi connectivity index (χ0v) is 13.1. The van der Waals surface area contributed by atoms with E-state index in [9.17, 15) is 4.79 Å². The first-order valence-electron chi connectivity index (χ1n) is 6.77. The van der Waals surface area contributed by atoms with Crippen LogP contribution >= 0.6 is 22.9 Å². The summed E-state index contributed by atoms with van der Waals surface area (Å²) in [4.78, 5) is 16.3. The predicted octanol–water partition coefficient (Wildman–Crippen LogP) is 4.21. The maximum Gasteiger partial charge on any atom is 0.229 e. The van der Waals surface area contributed by atoms with Gasteiger partial charge in [0, 0.05) is 16.9 Å². The second-order valence-electron chi connectivity index (χ2n) is 5.00. The lowest BCUT2D eigenvalue weighted by Gasteiger charge is -2.23. The van der Waals surface area contributed by atoms with Crippen molar-refractivity contribution in [3.63, 3.8) is 0 Å². The molecule has 110 valence electrons. The van der Waals surface area contributed by atoms with Crippen LogP contribution in [0.4, 0.5) is 5.13 Å². The molecule has 1 amide bonds. The Labute approximate surface area is 132 Å². The van der Waals surface area contributed by atoms with Crippen LogP contribution in [0.15, 0.2) is 23.6 Å². The number of benzene rings is 1. The van der Waals surface area contributed by atoms with Crippen LogP contribution in [0.25, 0.3) is 11.3 Å². The monoisotopic (exact) mass is 322 g/mol. The fourth-order valence-corrected chi connectivity index (χ4v) is 3.15. The minimum absolute atomic E-state index is 0.0786. The Balaban J connectivity index is 1.74. The van der Waals surface area contributed by atoms with Gasteiger partial charge in [-0.25, -0.2) is 4.98 Å². The Morgan fingerprint density at radius 3 is 2.90 bits per heavy atom. The molecule has 2 aromatic rings. The third-order valence-corrected chi connectivity index (χ3v) is 4.71. The number of nitrogens with zero attached hydrogens (tertiary/aromatic N) is 1. The molecule has 1 aliphatic rings. The summed E-state index contributed by atoms with van der Waals surface area (Å²) in [5.41, 5.74) is 1.70. The molecule has 0 atom stereocenters. The first-order valence-corrected chi connectivity index (χ1v) is 8.03. The van der Waals surface area contributed by atoms with Gasteiger partial charge < -0.3 is 10.1 Å². The van der Waals surface area contributed by atoms with Crippen LogP contribution in [0.5, 0.6) is 5.75 Å². The molecule has 1 saturated carbocycles. The van der Waals surface area contributed by atoms with Gasteiger partial charge in [0.25, 0.3) is 0 Å². The molecule has 6 heteroatoms. The number of halogens is 1. The van der Waals surface area contributed by atoms with E-state index < -0.39 is 0 Å². The Morgan fingerprint density at radius 1 is 1.48 bits per heavy atom. The third kappa shape index (κ3) is 3.04. The number of hydrogen-bond donors (Lipinski definition) is 1. The molecule has 0 bridgehead atoms. The molecule has 1 aliphatic carbocycles. The molecule has 0 spiro atoms. The molecule has 0 aliphatic heterocycles. The maximum atomic E-state index is 11.9. The van der Waals surface area contributed by atoms with Gasteiger partial charge in [0.1, 0.15) is 5.75 Å². The molecule has 1 N–H and O–H groups in total. The van der Waals surface area contributed by atoms with Crippen LogP contribution in [-0.4, -0.2) is 18.0 Å². The third-order valence-electron chi connectivity index (χ3n) is 3.66. The van der Waals surface area contributed by atoms with Crippen LogP contribution < -0.4 is 10.1 Å². The smallest absolute Gasteiger partial charge is 0.229 e. The van der Waals surface area contributed by atoms with Crippen molar-refractivity contribution in [1.29, 1.82) is 0 Å². The molecule has 0 radical (unpaired) electrons. The van der Waals surface area contributed by atoms with E-state index in [4.69, 9.17) is 16.3 Å². The fourth-order valence-electron chi connectivity index (χ4n) is 2.17. The Hall–Kier alpha value is -1.59. The maximum absolute atomic E-state index is 11.9. The lowest BCUT2D eigenvalue weighted by molar-refractivity contribution is -0.122. The summed E-state index contributed by atoms with van der Waals surface area (Å²) in [6.07, 6.45) is 3.11. The minimum Gasteiger partial charge on any atom is -0.495 e. The van der Waals surface area contributed by atoms with Crippen molar-refractivity contribution >= 4 is 34.0 Å². The first kappa shape index (κ1) is 14.4. The van der Waals surface area contributed by atoms with Crippen molar-refractivity contribution in [3.8, 4) is 17.0 Å². The quantitative estimate of drug-likeness (QED) is 0.917. The molecule has 21 heavy (non-hydrogen) atoms. The molecular weight excluding hydrogens is 308 g/mol. The number of nitrogens with one attached hydrogen (secondary N) is 1. The van der Waals surface area contributed by atoms with Gasteiger partial charge in [-0.2, -0.15) is 0 Å². The molecule has 0 unspecified atom stereocenters. The number of hydrogen-bond acceptors (Lipinski definition) is 4. The summed E-state index contributed by atoms with van der Waals surface area (Å²) < 4.78 is 5.13. The van der Waals surface area contributed by atoms with Crippen LogP contribution in [0.2, 0.25) is 5.02 Å². The van der Waals surface area contributed by atoms with Crippen molar-refractivity contribution < 1.29 is 9.53 Å². The molecule has 1 aromatic carbocycles. The number of thiazole rings is 1. The van der Waals surface area contributed by atoms with Gasteiger partial charge in [0.05, 0.1) is 17.8 Å². The van der Waals surface area contributed by atoms with E-state index >= 15 is 0 Å². The molecule has 1 aromatic heterocycles. The summed E-state index contributed by atoms with van der Waals surface area (Å²) in [6.45, 7) is 0. The van der Waals surface area contributed by atoms with E-state index in [1.807, 2.05) is 23.6 Å². The average Bonchev–Trinajstić information content (AvgIpc) is 2.85. The van der Waals surface area contributed by atoms with Crippen molar-refractivity contribution in [2.75, 3.05) is 12.4 Å². The largest absolute Gasteiger partial charge is 0.495 e. The number of carbonyl (C=O) groups excluding carboxylic acids is 1. The van der Waals surface area contributed by atoms with E-state index in [0.29, 0.717) is 15.9 Å². The zero-order valence-electron chi connectivity index (χ0n) is 11.6. The average molecular weight is 323 g/mol. The lowest BCUT2D eigenvalue weighted by Crippen LogP contribution is -2.27. The standard InChI is InChI=1S/C15H15ClN2O2S/c1-20-13-6-5-10(7-11(13)16)12-8-21-15(17-12)18-14(19)9-3-2-4-9/h5-9H,2-4H2,1H3,(H,17,18,19). The van der Waals surface area contributed by atoms with Crippen molar-refractivity contribution in [3.05, 3.63) is 28.6 Å². The fraction of sp³-hybridized carbons (Fsp3) is 0.333. The first-order chi connectivity index (χ1) is 10.2. The second kappa shape index (κ2) is 6.03. The van der Waals surface area contributed by atoms with E-state index in [2.05, 4.69) is 10.3 Å². The lowest BCUT2D eigenvalue weighted by atomic mass is 9.85. The van der Waals surface area contributed by atoms with Gasteiger partial charge in [-0.15, -0.1) is 11.3 Å². The number of rotatable bonds is 4. The highest BCUT2D eigenvalue weighted by atomic mass is 35.5. The number of methoxy groups -OCH3 is 1. The number of carbonyl (C=O) groups is 1. The van der Waals surface area contributed by atoms with Crippen LogP contribution in [-0.2, 0) is 4.79 Å². The molecule has 3 rings (SSSR count). The Kier molecular flexibility index (Phi) is 4.12.